The summed E-state index contributed by atoms with van der Waals surface area (Å²) in [7, 11) is -1.95. The van der Waals surface area contributed by atoms with Gasteiger partial charge >= 0.3 is 0 Å². The van der Waals surface area contributed by atoms with Crippen LogP contribution in [-0.4, -0.2) is 29.4 Å². The molecule has 0 unspecified atom stereocenters. The molecule has 22 heavy (non-hydrogen) atoms. The van der Waals surface area contributed by atoms with Gasteiger partial charge in [-0.05, 0) is 24.6 Å². The maximum Gasteiger partial charge on any atom is 0.129 e. The van der Waals surface area contributed by atoms with Crippen molar-refractivity contribution in [2.45, 2.75) is 48.6 Å². The van der Waals surface area contributed by atoms with Crippen LogP contribution in [0.4, 0.5) is 0 Å². The molecule has 4 heteroatoms. The fraction of sp³-hybridized carbons (Fsp3) is 0.444. The van der Waals surface area contributed by atoms with E-state index < -0.39 is 16.9 Å². The molecule has 0 amide bonds. The van der Waals surface area contributed by atoms with Crippen LogP contribution in [0.1, 0.15) is 11.1 Å². The van der Waals surface area contributed by atoms with Crippen molar-refractivity contribution >= 4 is 40.4 Å². The van der Waals surface area contributed by atoms with Crippen LogP contribution in [0.25, 0.3) is 0 Å². The molecule has 1 rings (SSSR count). The molecule has 0 aliphatic heterocycles. The van der Waals surface area contributed by atoms with Gasteiger partial charge in [0.25, 0.3) is 0 Å². The zero-order chi connectivity index (χ0) is 16.8. The highest BCUT2D eigenvalue weighted by atomic mass is 32.2. The highest BCUT2D eigenvalue weighted by Gasteiger charge is 2.10. The Morgan fingerprint density at radius 1 is 0.955 bits per heavy atom. The summed E-state index contributed by atoms with van der Waals surface area (Å²) in [6.07, 6.45) is 4.23. The number of thioether (sulfide) groups is 2. The van der Waals surface area contributed by atoms with E-state index in [0.29, 0.717) is 0 Å². The maximum absolute atomic E-state index is 3.48. The van der Waals surface area contributed by atoms with E-state index in [4.69, 9.17) is 0 Å². The zero-order valence-electron chi connectivity index (χ0n) is 14.8. The van der Waals surface area contributed by atoms with Crippen molar-refractivity contribution in [2.24, 2.45) is 0 Å². The van der Waals surface area contributed by atoms with Crippen molar-refractivity contribution in [1.82, 2.24) is 0 Å². The first-order valence-corrected chi connectivity index (χ1v) is 16.6. The van der Waals surface area contributed by atoms with Crippen molar-refractivity contribution in [2.75, 3.05) is 12.5 Å². The standard InChI is InChI=1S/C18H26S2Si2/c1-19-17-14-16(10-12-22(5,6)7)18(20-2)13-15(17)9-8-11-21(3)4/h13-14,21H,11H2,1-7H3. The second kappa shape index (κ2) is 8.94. The fourth-order valence-corrected chi connectivity index (χ4v) is 3.85. The molecule has 0 aromatic heterocycles. The Kier molecular flexibility index (Phi) is 7.93. The van der Waals surface area contributed by atoms with Crippen LogP contribution in [0.3, 0.4) is 0 Å². The molecule has 0 N–H and O–H groups in total. The number of hydrogen-bond donors (Lipinski definition) is 0. The van der Waals surface area contributed by atoms with Crippen LogP contribution in [0, 0.1) is 23.3 Å². The maximum atomic E-state index is 3.48. The van der Waals surface area contributed by atoms with Gasteiger partial charge in [0.15, 0.2) is 0 Å². The molecule has 1 aromatic rings. The lowest BCUT2D eigenvalue weighted by Gasteiger charge is -2.09. The van der Waals surface area contributed by atoms with Gasteiger partial charge in [-0.1, -0.05) is 44.6 Å². The molecule has 118 valence electrons. The van der Waals surface area contributed by atoms with Crippen molar-refractivity contribution in [3.05, 3.63) is 23.3 Å². The van der Waals surface area contributed by atoms with Crippen LogP contribution in [0.15, 0.2) is 21.9 Å². The predicted octanol–water partition coefficient (Wildman–Crippen LogP) is 5.20. The summed E-state index contributed by atoms with van der Waals surface area (Å²) in [6.45, 7) is 11.5. The van der Waals surface area contributed by atoms with E-state index in [-0.39, 0.29) is 0 Å². The summed E-state index contributed by atoms with van der Waals surface area (Å²) in [6, 6.07) is 5.53. The van der Waals surface area contributed by atoms with E-state index in [1.54, 1.807) is 23.5 Å². The Bertz CT molecular complexity index is 635. The van der Waals surface area contributed by atoms with Gasteiger partial charge in [-0.3, -0.25) is 0 Å². The molecule has 0 radical (unpaired) electrons. The van der Waals surface area contributed by atoms with E-state index in [2.05, 4.69) is 80.7 Å². The van der Waals surface area contributed by atoms with Crippen molar-refractivity contribution < 1.29 is 0 Å². The minimum Gasteiger partial charge on any atom is -0.128 e. The normalized spacial score (nSPS) is 10.7. The molecule has 0 atom stereocenters. The molecule has 0 bridgehead atoms. The lowest BCUT2D eigenvalue weighted by molar-refractivity contribution is 1.29. The monoisotopic (exact) mass is 362 g/mol. The Hall–Kier alpha value is -0.526. The van der Waals surface area contributed by atoms with E-state index >= 15 is 0 Å². The third kappa shape index (κ3) is 6.71. The van der Waals surface area contributed by atoms with Gasteiger partial charge in [-0.15, -0.1) is 35.0 Å². The van der Waals surface area contributed by atoms with Crippen molar-refractivity contribution in [1.29, 1.82) is 0 Å². The first-order chi connectivity index (χ1) is 10.3. The highest BCUT2D eigenvalue weighted by molar-refractivity contribution is 7.99. The summed E-state index contributed by atoms with van der Waals surface area (Å²) >= 11 is 3.53. The average molecular weight is 363 g/mol. The average Bonchev–Trinajstić information content (AvgIpc) is 2.43. The Morgan fingerprint density at radius 3 is 1.86 bits per heavy atom. The van der Waals surface area contributed by atoms with Crippen LogP contribution in [0.2, 0.25) is 38.8 Å². The van der Waals surface area contributed by atoms with Crippen molar-refractivity contribution in [3.8, 4) is 23.3 Å². The Balaban J connectivity index is 3.27. The molecule has 0 saturated heterocycles. The van der Waals surface area contributed by atoms with Crippen molar-refractivity contribution in [3.63, 3.8) is 0 Å². The predicted molar refractivity (Wildman–Crippen MR) is 111 cm³/mol. The Labute approximate surface area is 147 Å². The van der Waals surface area contributed by atoms with Gasteiger partial charge in [-0.2, -0.15) is 0 Å². The van der Waals surface area contributed by atoms with Gasteiger partial charge in [-0.25, -0.2) is 0 Å². The van der Waals surface area contributed by atoms with E-state index in [1.165, 1.54) is 9.79 Å². The lowest BCUT2D eigenvalue weighted by atomic mass is 10.1. The summed E-state index contributed by atoms with van der Waals surface area (Å²) in [5.74, 6) is 10.2. The molecule has 0 fully saturated rings. The summed E-state index contributed by atoms with van der Waals surface area (Å²) in [5.41, 5.74) is 5.79. The molecule has 0 nitrogen and oxygen atoms in total. The van der Waals surface area contributed by atoms with Gasteiger partial charge in [0.1, 0.15) is 8.07 Å². The largest absolute Gasteiger partial charge is 0.129 e. The molecule has 0 spiro atoms. The van der Waals surface area contributed by atoms with E-state index in [9.17, 15) is 0 Å². The quantitative estimate of drug-likeness (QED) is 0.412. The van der Waals surface area contributed by atoms with Crippen LogP contribution < -0.4 is 0 Å². The third-order valence-electron chi connectivity index (χ3n) is 2.83. The van der Waals surface area contributed by atoms with Crippen LogP contribution in [-0.2, 0) is 0 Å². The topological polar surface area (TPSA) is 0 Å². The molecule has 0 saturated carbocycles. The summed E-state index contributed by atoms with van der Waals surface area (Å²) < 4.78 is 0. The minimum atomic E-state index is -1.35. The first-order valence-electron chi connectivity index (χ1n) is 7.55. The first kappa shape index (κ1) is 19.5. The Morgan fingerprint density at radius 2 is 1.45 bits per heavy atom. The SMILES string of the molecule is CSc1cc(C#C[Si](C)(C)C)c(SC)cc1C#CC[SiH](C)C. The highest BCUT2D eigenvalue weighted by Crippen LogP contribution is 2.29. The zero-order valence-corrected chi connectivity index (χ0v) is 18.5. The number of rotatable bonds is 3. The van der Waals surface area contributed by atoms with Crippen LogP contribution in [0.5, 0.6) is 0 Å². The summed E-state index contributed by atoms with van der Waals surface area (Å²) in [4.78, 5) is 2.49. The second-order valence-electron chi connectivity index (χ2n) is 6.65. The van der Waals surface area contributed by atoms with Gasteiger partial charge in [0.05, 0.1) is 0 Å². The lowest BCUT2D eigenvalue weighted by Crippen LogP contribution is -2.16. The van der Waals surface area contributed by atoms with Gasteiger partial charge in [0, 0.05) is 35.8 Å². The number of benzene rings is 1. The van der Waals surface area contributed by atoms with E-state index in [1.807, 2.05) is 0 Å². The summed E-state index contributed by atoms with van der Waals surface area (Å²) in [5, 5.41) is 0. The molecule has 0 aliphatic rings. The van der Waals surface area contributed by atoms with Crippen LogP contribution >= 0.6 is 23.5 Å². The molecule has 0 heterocycles. The number of hydrogen-bond acceptors (Lipinski definition) is 2. The molecule has 0 aliphatic carbocycles. The fourth-order valence-electron chi connectivity index (χ4n) is 1.70. The van der Waals surface area contributed by atoms with Gasteiger partial charge < -0.3 is 0 Å². The second-order valence-corrected chi connectivity index (χ2v) is 16.3. The van der Waals surface area contributed by atoms with Gasteiger partial charge in [0.2, 0.25) is 0 Å². The molecular weight excluding hydrogens is 337 g/mol. The molecular formula is C18H26S2Si2. The minimum absolute atomic E-state index is 0.600. The van der Waals surface area contributed by atoms with E-state index in [0.717, 1.165) is 17.2 Å². The molecule has 1 aromatic carbocycles. The smallest absolute Gasteiger partial charge is 0.128 e. The third-order valence-corrected chi connectivity index (χ3v) is 6.28.